The second kappa shape index (κ2) is 6.13. The number of anilines is 1. The predicted molar refractivity (Wildman–Crippen MR) is 87.9 cm³/mol. The van der Waals surface area contributed by atoms with Gasteiger partial charge in [-0.2, -0.15) is 0 Å². The van der Waals surface area contributed by atoms with E-state index in [0.717, 1.165) is 11.3 Å². The lowest BCUT2D eigenvalue weighted by molar-refractivity contribution is -0.120. The highest BCUT2D eigenvalue weighted by atomic mass is 35.5. The fourth-order valence-corrected chi connectivity index (χ4v) is 2.84. The molecule has 21 heavy (non-hydrogen) atoms. The molecule has 0 saturated heterocycles. The van der Waals surface area contributed by atoms with Gasteiger partial charge in [-0.05, 0) is 25.3 Å². The Kier molecular flexibility index (Phi) is 4.66. The molecule has 4 nitrogen and oxygen atoms in total. The van der Waals surface area contributed by atoms with E-state index in [1.54, 1.807) is 6.92 Å². The van der Waals surface area contributed by atoms with Gasteiger partial charge >= 0.3 is 0 Å². The first-order valence-electron chi connectivity index (χ1n) is 6.68. The van der Waals surface area contributed by atoms with E-state index in [1.807, 2.05) is 35.7 Å². The number of thiazole rings is 1. The van der Waals surface area contributed by atoms with E-state index in [-0.39, 0.29) is 18.3 Å². The van der Waals surface area contributed by atoms with E-state index in [0.29, 0.717) is 11.0 Å². The number of hydrogen-bond donors (Lipinski definition) is 2. The van der Waals surface area contributed by atoms with Crippen molar-refractivity contribution in [2.75, 3.05) is 5.32 Å². The van der Waals surface area contributed by atoms with Gasteiger partial charge in [0.1, 0.15) is 5.54 Å². The first-order valence-corrected chi connectivity index (χ1v) is 7.56. The predicted octanol–water partition coefficient (Wildman–Crippen LogP) is 3.25. The zero-order valence-corrected chi connectivity index (χ0v) is 13.3. The van der Waals surface area contributed by atoms with Gasteiger partial charge < -0.3 is 11.1 Å². The fourth-order valence-electron chi connectivity index (χ4n) is 2.05. The molecule has 6 heteroatoms. The van der Waals surface area contributed by atoms with Crippen molar-refractivity contribution >= 4 is 34.8 Å². The van der Waals surface area contributed by atoms with Crippen molar-refractivity contribution in [3.05, 3.63) is 47.0 Å². The van der Waals surface area contributed by atoms with Crippen LogP contribution < -0.4 is 11.1 Å². The van der Waals surface area contributed by atoms with Crippen molar-refractivity contribution in [2.24, 2.45) is 5.73 Å². The molecule has 1 unspecified atom stereocenters. The Balaban J connectivity index is 0.00000161. The number of halogens is 1. The lowest BCUT2D eigenvalue weighted by atomic mass is 9.92. The molecule has 3 N–H and O–H groups in total. The van der Waals surface area contributed by atoms with Crippen LogP contribution in [0.2, 0.25) is 0 Å². The van der Waals surface area contributed by atoms with Gasteiger partial charge in [0.2, 0.25) is 0 Å². The number of carbonyl (C=O) groups excluding carboxylic acids is 1. The topological polar surface area (TPSA) is 68.0 Å². The second-order valence-corrected chi connectivity index (χ2v) is 6.23. The lowest BCUT2D eigenvalue weighted by Crippen LogP contribution is -2.45. The minimum Gasteiger partial charge on any atom is -0.314 e. The van der Waals surface area contributed by atoms with Crippen LogP contribution in [0.5, 0.6) is 0 Å². The van der Waals surface area contributed by atoms with E-state index >= 15 is 0 Å². The summed E-state index contributed by atoms with van der Waals surface area (Å²) in [4.78, 5) is 16.8. The number of hydrogen-bond acceptors (Lipinski definition) is 4. The van der Waals surface area contributed by atoms with E-state index in [9.17, 15) is 4.79 Å². The van der Waals surface area contributed by atoms with Gasteiger partial charge in [0.05, 0.1) is 5.69 Å². The third kappa shape index (κ3) is 3.43. The van der Waals surface area contributed by atoms with E-state index in [4.69, 9.17) is 5.73 Å². The largest absolute Gasteiger partial charge is 0.314 e. The van der Waals surface area contributed by atoms with Gasteiger partial charge in [-0.3, -0.25) is 4.79 Å². The zero-order chi connectivity index (χ0) is 14.2. The quantitative estimate of drug-likeness (QED) is 0.907. The highest BCUT2D eigenvalue weighted by Crippen LogP contribution is 2.41. The van der Waals surface area contributed by atoms with Crippen LogP contribution in [0.3, 0.4) is 0 Å². The summed E-state index contributed by atoms with van der Waals surface area (Å²) >= 11 is 1.46. The molecule has 0 aliphatic heterocycles. The van der Waals surface area contributed by atoms with E-state index < -0.39 is 5.54 Å². The van der Waals surface area contributed by atoms with Gasteiger partial charge in [-0.1, -0.05) is 30.3 Å². The average molecular weight is 324 g/mol. The minimum absolute atomic E-state index is 0. The summed E-state index contributed by atoms with van der Waals surface area (Å²) < 4.78 is 0. The van der Waals surface area contributed by atoms with Gasteiger partial charge in [0.15, 0.2) is 5.13 Å². The molecular formula is C15H18ClN3OS. The van der Waals surface area contributed by atoms with Crippen molar-refractivity contribution < 1.29 is 4.79 Å². The molecule has 112 valence electrons. The van der Waals surface area contributed by atoms with Gasteiger partial charge in [0.25, 0.3) is 5.91 Å². The number of amides is 1. The highest BCUT2D eigenvalue weighted by Gasteiger charge is 2.31. The van der Waals surface area contributed by atoms with Crippen LogP contribution in [0.4, 0.5) is 5.13 Å². The third-order valence-electron chi connectivity index (χ3n) is 3.58. The molecule has 1 heterocycles. The van der Waals surface area contributed by atoms with Crippen LogP contribution in [0.1, 0.15) is 36.9 Å². The maximum absolute atomic E-state index is 12.4. The van der Waals surface area contributed by atoms with Crippen molar-refractivity contribution in [3.8, 4) is 0 Å². The monoisotopic (exact) mass is 323 g/mol. The molecule has 0 radical (unpaired) electrons. The van der Waals surface area contributed by atoms with Crippen molar-refractivity contribution in [3.63, 3.8) is 0 Å². The molecule has 1 aromatic heterocycles. The first kappa shape index (κ1) is 15.9. The molecule has 2 aromatic rings. The van der Waals surface area contributed by atoms with Crippen LogP contribution in [-0.4, -0.2) is 10.9 Å². The molecule has 1 fully saturated rings. The van der Waals surface area contributed by atoms with Crippen LogP contribution in [0.25, 0.3) is 0 Å². The summed E-state index contributed by atoms with van der Waals surface area (Å²) in [6.45, 7) is 1.72. The maximum atomic E-state index is 12.4. The normalized spacial score (nSPS) is 16.7. The fraction of sp³-hybridized carbons (Fsp3) is 0.333. The molecule has 1 aromatic carbocycles. The van der Waals surface area contributed by atoms with Gasteiger partial charge in [-0.25, -0.2) is 4.98 Å². The molecular weight excluding hydrogens is 306 g/mol. The summed E-state index contributed by atoms with van der Waals surface area (Å²) in [5.41, 5.74) is 6.99. The zero-order valence-electron chi connectivity index (χ0n) is 11.7. The van der Waals surface area contributed by atoms with Crippen molar-refractivity contribution in [1.29, 1.82) is 0 Å². The Bertz CT molecular complexity index is 623. The molecule has 1 amide bonds. The Hall–Kier alpha value is -1.43. The number of benzene rings is 1. The summed E-state index contributed by atoms with van der Waals surface area (Å²) in [7, 11) is 0. The van der Waals surface area contributed by atoms with E-state index in [1.165, 1.54) is 24.2 Å². The van der Waals surface area contributed by atoms with Crippen LogP contribution in [-0.2, 0) is 10.3 Å². The molecule has 1 aliphatic rings. The number of carbonyl (C=O) groups is 1. The number of rotatable bonds is 4. The van der Waals surface area contributed by atoms with Gasteiger partial charge in [0, 0.05) is 11.3 Å². The number of nitrogens with zero attached hydrogens (tertiary/aromatic N) is 1. The summed E-state index contributed by atoms with van der Waals surface area (Å²) in [6.07, 6.45) is 2.41. The summed E-state index contributed by atoms with van der Waals surface area (Å²) in [5.74, 6) is 0.357. The van der Waals surface area contributed by atoms with Crippen LogP contribution in [0, 0.1) is 0 Å². The molecule has 1 aliphatic carbocycles. The Labute approximate surface area is 134 Å². The van der Waals surface area contributed by atoms with Crippen LogP contribution in [0.15, 0.2) is 35.7 Å². The number of aromatic nitrogens is 1. The molecule has 1 atom stereocenters. The molecule has 1 saturated carbocycles. The third-order valence-corrected chi connectivity index (χ3v) is 4.36. The number of nitrogens with one attached hydrogen (secondary N) is 1. The van der Waals surface area contributed by atoms with Crippen molar-refractivity contribution in [1.82, 2.24) is 4.98 Å². The first-order chi connectivity index (χ1) is 9.57. The highest BCUT2D eigenvalue weighted by molar-refractivity contribution is 7.14. The van der Waals surface area contributed by atoms with Gasteiger partial charge in [-0.15, -0.1) is 23.7 Å². The molecule has 0 bridgehead atoms. The standard InChI is InChI=1S/C15H17N3OS.ClH/c1-15(16,11-5-3-2-4-6-11)13(19)18-14-17-12(9-20-14)10-7-8-10;/h2-6,9-10H,7-8,16H2,1H3,(H,17,18,19);1H. The van der Waals surface area contributed by atoms with Crippen LogP contribution >= 0.6 is 23.7 Å². The average Bonchev–Trinajstić information content (AvgIpc) is 3.20. The Morgan fingerprint density at radius 3 is 2.67 bits per heavy atom. The Morgan fingerprint density at radius 2 is 2.05 bits per heavy atom. The summed E-state index contributed by atoms with van der Waals surface area (Å²) in [5, 5.41) is 5.47. The van der Waals surface area contributed by atoms with E-state index in [2.05, 4.69) is 10.3 Å². The minimum atomic E-state index is -1.06. The summed E-state index contributed by atoms with van der Waals surface area (Å²) in [6, 6.07) is 9.37. The number of nitrogens with two attached hydrogens (primary N) is 1. The lowest BCUT2D eigenvalue weighted by Gasteiger charge is -2.23. The van der Waals surface area contributed by atoms with Crippen molar-refractivity contribution in [2.45, 2.75) is 31.2 Å². The maximum Gasteiger partial charge on any atom is 0.250 e. The SMILES string of the molecule is CC(N)(C(=O)Nc1nc(C2CC2)cs1)c1ccccc1.Cl. The molecule has 3 rings (SSSR count). The second-order valence-electron chi connectivity index (χ2n) is 5.37. The smallest absolute Gasteiger partial charge is 0.250 e. The molecule has 0 spiro atoms. The Morgan fingerprint density at radius 1 is 1.38 bits per heavy atom.